The summed E-state index contributed by atoms with van der Waals surface area (Å²) in [6, 6.07) is 1.98. The number of carbonyl (C=O) groups excluding carboxylic acids is 1. The summed E-state index contributed by atoms with van der Waals surface area (Å²) in [5, 5.41) is 5.39. The van der Waals surface area contributed by atoms with Crippen molar-refractivity contribution in [2.24, 2.45) is 0 Å². The van der Waals surface area contributed by atoms with Gasteiger partial charge in [-0.1, -0.05) is 6.92 Å². The lowest BCUT2D eigenvalue weighted by atomic mass is 10.1. The van der Waals surface area contributed by atoms with Crippen molar-refractivity contribution in [3.8, 4) is 0 Å². The van der Waals surface area contributed by atoms with Crippen LogP contribution in [-0.4, -0.2) is 17.9 Å². The highest BCUT2D eigenvalue weighted by Gasteiger charge is 2.16. The molecule has 7 heteroatoms. The molecule has 2 aromatic rings. The topological polar surface area (TPSA) is 54.0 Å². The molecule has 4 nitrogen and oxygen atoms in total. The van der Waals surface area contributed by atoms with Gasteiger partial charge in [-0.2, -0.15) is 0 Å². The van der Waals surface area contributed by atoms with Crippen molar-refractivity contribution in [3.63, 3.8) is 0 Å². The Labute approximate surface area is 125 Å². The van der Waals surface area contributed by atoms with E-state index in [1.54, 1.807) is 0 Å². The SMILES string of the molecule is CCc1nc(NC(=O)c2cc(F)c(NC)c(F)c2)sc1C. The van der Waals surface area contributed by atoms with Crippen molar-refractivity contribution in [2.75, 3.05) is 17.7 Å². The van der Waals surface area contributed by atoms with Gasteiger partial charge in [0.05, 0.1) is 5.69 Å². The lowest BCUT2D eigenvalue weighted by molar-refractivity contribution is 0.102. The molecule has 0 aliphatic rings. The zero-order valence-electron chi connectivity index (χ0n) is 11.9. The fourth-order valence-corrected chi connectivity index (χ4v) is 2.82. The number of anilines is 2. The van der Waals surface area contributed by atoms with E-state index in [1.807, 2.05) is 13.8 Å². The van der Waals surface area contributed by atoms with Gasteiger partial charge in [-0.3, -0.25) is 10.1 Å². The van der Waals surface area contributed by atoms with E-state index in [2.05, 4.69) is 15.6 Å². The second-order valence-electron chi connectivity index (χ2n) is 4.39. The Hall–Kier alpha value is -2.02. The zero-order chi connectivity index (χ0) is 15.6. The van der Waals surface area contributed by atoms with Gasteiger partial charge >= 0.3 is 0 Å². The van der Waals surface area contributed by atoms with E-state index in [0.717, 1.165) is 29.1 Å². The fraction of sp³-hybridized carbons (Fsp3) is 0.286. The minimum atomic E-state index is -0.813. The highest BCUT2D eigenvalue weighted by atomic mass is 32.1. The number of amides is 1. The van der Waals surface area contributed by atoms with Gasteiger partial charge in [0.2, 0.25) is 0 Å². The monoisotopic (exact) mass is 311 g/mol. The standard InChI is InChI=1S/C14H15F2N3OS/c1-4-11-7(2)21-14(18-11)19-13(20)8-5-9(15)12(17-3)10(16)6-8/h5-6,17H,4H2,1-3H3,(H,18,19,20). The first-order valence-electron chi connectivity index (χ1n) is 6.40. The summed E-state index contributed by atoms with van der Waals surface area (Å²) in [5.74, 6) is -2.22. The van der Waals surface area contributed by atoms with E-state index < -0.39 is 17.5 Å². The average Bonchev–Trinajstić information content (AvgIpc) is 2.78. The number of carbonyl (C=O) groups is 1. The first-order valence-corrected chi connectivity index (χ1v) is 7.22. The Kier molecular flexibility index (Phi) is 4.52. The summed E-state index contributed by atoms with van der Waals surface area (Å²) in [7, 11) is 1.41. The number of rotatable bonds is 4. The third kappa shape index (κ3) is 3.18. The van der Waals surface area contributed by atoms with Crippen molar-refractivity contribution < 1.29 is 13.6 Å². The molecular formula is C14H15F2N3OS. The van der Waals surface area contributed by atoms with Gasteiger partial charge in [-0.05, 0) is 25.5 Å². The molecule has 0 spiro atoms. The molecule has 0 saturated heterocycles. The summed E-state index contributed by atoms with van der Waals surface area (Å²) >= 11 is 1.34. The van der Waals surface area contributed by atoms with E-state index in [1.165, 1.54) is 18.4 Å². The van der Waals surface area contributed by atoms with Crippen molar-refractivity contribution in [2.45, 2.75) is 20.3 Å². The molecule has 0 saturated carbocycles. The molecule has 0 aliphatic heterocycles. The highest BCUT2D eigenvalue weighted by Crippen LogP contribution is 2.24. The van der Waals surface area contributed by atoms with E-state index in [0.29, 0.717) is 5.13 Å². The first-order chi connectivity index (χ1) is 9.96. The molecule has 1 amide bonds. The summed E-state index contributed by atoms with van der Waals surface area (Å²) in [4.78, 5) is 17.3. The maximum Gasteiger partial charge on any atom is 0.257 e. The lowest BCUT2D eigenvalue weighted by Crippen LogP contribution is -2.13. The minimum Gasteiger partial charge on any atom is -0.383 e. The van der Waals surface area contributed by atoms with Gasteiger partial charge in [-0.25, -0.2) is 13.8 Å². The number of nitrogens with one attached hydrogen (secondary N) is 2. The van der Waals surface area contributed by atoms with E-state index >= 15 is 0 Å². The van der Waals surface area contributed by atoms with Crippen molar-refractivity contribution in [3.05, 3.63) is 39.9 Å². The number of nitrogens with zero attached hydrogens (tertiary/aromatic N) is 1. The molecule has 112 valence electrons. The number of halogens is 2. The normalized spacial score (nSPS) is 10.5. The third-order valence-corrected chi connectivity index (χ3v) is 3.93. The van der Waals surface area contributed by atoms with Crippen LogP contribution in [0.15, 0.2) is 12.1 Å². The minimum absolute atomic E-state index is 0.0881. The molecule has 0 fully saturated rings. The second kappa shape index (κ2) is 6.17. The van der Waals surface area contributed by atoms with Crippen LogP contribution in [0.25, 0.3) is 0 Å². The van der Waals surface area contributed by atoms with Crippen LogP contribution in [0.3, 0.4) is 0 Å². The molecule has 1 aromatic carbocycles. The van der Waals surface area contributed by atoms with Crippen LogP contribution >= 0.6 is 11.3 Å². The van der Waals surface area contributed by atoms with E-state index in [9.17, 15) is 13.6 Å². The fourth-order valence-electron chi connectivity index (χ4n) is 1.92. The number of aromatic nitrogens is 1. The van der Waals surface area contributed by atoms with Crippen LogP contribution in [0.4, 0.5) is 19.6 Å². The van der Waals surface area contributed by atoms with Crippen LogP contribution in [0, 0.1) is 18.6 Å². The Balaban J connectivity index is 2.24. The number of hydrogen-bond donors (Lipinski definition) is 2. The van der Waals surface area contributed by atoms with Gasteiger partial charge in [0.15, 0.2) is 5.13 Å². The Morgan fingerprint density at radius 2 is 1.95 bits per heavy atom. The van der Waals surface area contributed by atoms with E-state index in [4.69, 9.17) is 0 Å². The summed E-state index contributed by atoms with van der Waals surface area (Å²) in [6.07, 6.45) is 0.762. The number of thiazole rings is 1. The Bertz CT molecular complexity index is 662. The molecule has 0 aliphatic carbocycles. The van der Waals surface area contributed by atoms with Crippen LogP contribution in [0.2, 0.25) is 0 Å². The molecule has 21 heavy (non-hydrogen) atoms. The molecule has 1 heterocycles. The molecule has 2 rings (SSSR count). The largest absolute Gasteiger partial charge is 0.383 e. The van der Waals surface area contributed by atoms with Crippen molar-refractivity contribution in [1.82, 2.24) is 4.98 Å². The molecular weight excluding hydrogens is 296 g/mol. The highest BCUT2D eigenvalue weighted by molar-refractivity contribution is 7.15. The van der Waals surface area contributed by atoms with Crippen LogP contribution in [0.5, 0.6) is 0 Å². The maximum absolute atomic E-state index is 13.6. The van der Waals surface area contributed by atoms with Gasteiger partial charge in [-0.15, -0.1) is 11.3 Å². The molecule has 0 radical (unpaired) electrons. The molecule has 0 atom stereocenters. The summed E-state index contributed by atoms with van der Waals surface area (Å²) in [5.41, 5.74) is 0.554. The average molecular weight is 311 g/mol. The second-order valence-corrected chi connectivity index (χ2v) is 5.60. The van der Waals surface area contributed by atoms with Gasteiger partial charge < -0.3 is 5.32 Å². The van der Waals surface area contributed by atoms with Gasteiger partial charge in [0.1, 0.15) is 17.3 Å². The Morgan fingerprint density at radius 1 is 1.33 bits per heavy atom. The smallest absolute Gasteiger partial charge is 0.257 e. The van der Waals surface area contributed by atoms with Crippen LogP contribution in [0.1, 0.15) is 27.9 Å². The van der Waals surface area contributed by atoms with Crippen LogP contribution in [-0.2, 0) is 6.42 Å². The number of aryl methyl sites for hydroxylation is 2. The molecule has 0 unspecified atom stereocenters. The molecule has 2 N–H and O–H groups in total. The third-order valence-electron chi connectivity index (χ3n) is 3.00. The predicted octanol–water partition coefficient (Wildman–Crippen LogP) is 3.59. The molecule has 0 bridgehead atoms. The summed E-state index contributed by atoms with van der Waals surface area (Å²) in [6.45, 7) is 3.88. The first kappa shape index (κ1) is 15.4. The van der Waals surface area contributed by atoms with Gasteiger partial charge in [0, 0.05) is 17.5 Å². The Morgan fingerprint density at radius 3 is 2.43 bits per heavy atom. The summed E-state index contributed by atoms with van der Waals surface area (Å²) < 4.78 is 27.3. The number of hydrogen-bond acceptors (Lipinski definition) is 4. The van der Waals surface area contributed by atoms with E-state index in [-0.39, 0.29) is 11.3 Å². The zero-order valence-corrected chi connectivity index (χ0v) is 12.7. The van der Waals surface area contributed by atoms with Crippen molar-refractivity contribution >= 4 is 28.1 Å². The molecule has 1 aromatic heterocycles. The lowest BCUT2D eigenvalue weighted by Gasteiger charge is -2.07. The quantitative estimate of drug-likeness (QED) is 0.907. The number of benzene rings is 1. The van der Waals surface area contributed by atoms with Crippen LogP contribution < -0.4 is 10.6 Å². The maximum atomic E-state index is 13.6. The van der Waals surface area contributed by atoms with Gasteiger partial charge in [0.25, 0.3) is 5.91 Å². The predicted molar refractivity (Wildman–Crippen MR) is 80.1 cm³/mol. The van der Waals surface area contributed by atoms with Crippen molar-refractivity contribution in [1.29, 1.82) is 0 Å².